The zero-order valence-electron chi connectivity index (χ0n) is 10.2. The van der Waals surface area contributed by atoms with Gasteiger partial charge in [0.1, 0.15) is 11.6 Å². The highest BCUT2D eigenvalue weighted by molar-refractivity contribution is 9.08. The van der Waals surface area contributed by atoms with Crippen molar-refractivity contribution in [1.82, 2.24) is 14.8 Å². The largest absolute Gasteiger partial charge is 0.282 e. The van der Waals surface area contributed by atoms with Crippen LogP contribution in [0.3, 0.4) is 0 Å². The molecule has 0 bridgehead atoms. The van der Waals surface area contributed by atoms with Crippen molar-refractivity contribution >= 4 is 15.9 Å². The van der Waals surface area contributed by atoms with E-state index in [1.54, 1.807) is 0 Å². The molecular weight excluding hydrogens is 290 g/mol. The molecule has 18 heavy (non-hydrogen) atoms. The van der Waals surface area contributed by atoms with E-state index in [0.29, 0.717) is 5.92 Å². The summed E-state index contributed by atoms with van der Waals surface area (Å²) in [5.41, 5.74) is 1.17. The lowest BCUT2D eigenvalue weighted by molar-refractivity contribution is 0.649. The van der Waals surface area contributed by atoms with Gasteiger partial charge in [-0.25, -0.2) is 0 Å². The van der Waals surface area contributed by atoms with E-state index in [2.05, 4.69) is 55.0 Å². The van der Waals surface area contributed by atoms with Crippen molar-refractivity contribution in [3.63, 3.8) is 0 Å². The molecule has 0 aliphatic heterocycles. The van der Waals surface area contributed by atoms with Crippen LogP contribution in [0.15, 0.2) is 30.3 Å². The second-order valence-electron chi connectivity index (χ2n) is 4.76. The molecule has 3 rings (SSSR count). The van der Waals surface area contributed by atoms with Crippen LogP contribution < -0.4 is 0 Å². The highest BCUT2D eigenvalue weighted by Gasteiger charge is 2.24. The van der Waals surface area contributed by atoms with E-state index in [9.17, 15) is 0 Å². The fourth-order valence-electron chi connectivity index (χ4n) is 2.72. The van der Waals surface area contributed by atoms with Crippen molar-refractivity contribution in [3.8, 4) is 5.69 Å². The van der Waals surface area contributed by atoms with Gasteiger partial charge in [-0.15, -0.1) is 10.2 Å². The monoisotopic (exact) mass is 305 g/mol. The number of rotatable bonds is 3. The minimum atomic E-state index is 0.575. The first-order valence-corrected chi connectivity index (χ1v) is 7.58. The average Bonchev–Trinajstić information content (AvgIpc) is 3.08. The smallest absolute Gasteiger partial charge is 0.148 e. The number of hydrogen-bond acceptors (Lipinski definition) is 2. The molecular formula is C14H16BrN3. The summed E-state index contributed by atoms with van der Waals surface area (Å²) in [7, 11) is 0. The SMILES string of the molecule is BrCc1nnc(C2CCCC2)n1-c1ccccc1. The Bertz CT molecular complexity index is 515. The molecule has 1 heterocycles. The number of halogens is 1. The zero-order valence-corrected chi connectivity index (χ0v) is 11.8. The summed E-state index contributed by atoms with van der Waals surface area (Å²) < 4.78 is 2.21. The fraction of sp³-hybridized carbons (Fsp3) is 0.429. The first-order valence-electron chi connectivity index (χ1n) is 6.45. The normalized spacial score (nSPS) is 16.3. The number of alkyl halides is 1. The van der Waals surface area contributed by atoms with Gasteiger partial charge in [0.2, 0.25) is 0 Å². The summed E-state index contributed by atoms with van der Waals surface area (Å²) >= 11 is 3.50. The Hall–Kier alpha value is -1.16. The number of benzene rings is 1. The molecule has 1 aromatic heterocycles. The van der Waals surface area contributed by atoms with E-state index in [4.69, 9.17) is 0 Å². The third-order valence-corrected chi connectivity index (χ3v) is 4.11. The molecule has 1 aliphatic rings. The minimum Gasteiger partial charge on any atom is -0.282 e. The topological polar surface area (TPSA) is 30.7 Å². The maximum absolute atomic E-state index is 4.43. The average molecular weight is 306 g/mol. The molecule has 1 saturated carbocycles. The first-order chi connectivity index (χ1) is 8.90. The van der Waals surface area contributed by atoms with E-state index in [1.807, 2.05) is 6.07 Å². The molecule has 1 aromatic carbocycles. The highest BCUT2D eigenvalue weighted by Crippen LogP contribution is 2.34. The molecule has 0 saturated heterocycles. The Morgan fingerprint density at radius 1 is 1.11 bits per heavy atom. The third kappa shape index (κ3) is 2.09. The standard InChI is InChI=1S/C14H16BrN3/c15-10-13-16-17-14(11-6-4-5-7-11)18(13)12-8-2-1-3-9-12/h1-3,8-9,11H,4-7,10H2. The quantitative estimate of drug-likeness (QED) is 0.807. The van der Waals surface area contributed by atoms with E-state index in [-0.39, 0.29) is 0 Å². The lowest BCUT2D eigenvalue weighted by Crippen LogP contribution is -2.07. The molecule has 3 nitrogen and oxygen atoms in total. The Labute approximate surface area is 115 Å². The van der Waals surface area contributed by atoms with Gasteiger partial charge >= 0.3 is 0 Å². The molecule has 0 N–H and O–H groups in total. The van der Waals surface area contributed by atoms with Crippen LogP contribution in [0.1, 0.15) is 43.3 Å². The Kier molecular flexibility index (Phi) is 3.46. The molecule has 1 aliphatic carbocycles. The maximum Gasteiger partial charge on any atom is 0.148 e. The predicted octanol–water partition coefficient (Wildman–Crippen LogP) is 3.82. The Morgan fingerprint density at radius 2 is 1.83 bits per heavy atom. The maximum atomic E-state index is 4.43. The first kappa shape index (κ1) is 11.9. The van der Waals surface area contributed by atoms with E-state index in [0.717, 1.165) is 17.0 Å². The van der Waals surface area contributed by atoms with Gasteiger partial charge in [0.15, 0.2) is 0 Å². The summed E-state index contributed by atoms with van der Waals surface area (Å²) in [6.07, 6.45) is 5.12. The molecule has 0 radical (unpaired) electrons. The Morgan fingerprint density at radius 3 is 2.50 bits per heavy atom. The zero-order chi connectivity index (χ0) is 12.4. The van der Waals surface area contributed by atoms with Gasteiger partial charge in [-0.1, -0.05) is 47.0 Å². The predicted molar refractivity (Wildman–Crippen MR) is 75.2 cm³/mol. The number of hydrogen-bond donors (Lipinski definition) is 0. The summed E-state index contributed by atoms with van der Waals surface area (Å²) in [5.74, 6) is 2.70. The van der Waals surface area contributed by atoms with Gasteiger partial charge in [-0.2, -0.15) is 0 Å². The second kappa shape index (κ2) is 5.22. The fourth-order valence-corrected chi connectivity index (χ4v) is 3.09. The van der Waals surface area contributed by atoms with Gasteiger partial charge in [0.25, 0.3) is 0 Å². The molecule has 4 heteroatoms. The van der Waals surface area contributed by atoms with Gasteiger partial charge in [-0.05, 0) is 25.0 Å². The molecule has 2 aromatic rings. The minimum absolute atomic E-state index is 0.575. The lowest BCUT2D eigenvalue weighted by atomic mass is 10.1. The van der Waals surface area contributed by atoms with E-state index < -0.39 is 0 Å². The van der Waals surface area contributed by atoms with Crippen LogP contribution >= 0.6 is 15.9 Å². The van der Waals surface area contributed by atoms with Gasteiger partial charge in [-0.3, -0.25) is 4.57 Å². The van der Waals surface area contributed by atoms with Crippen LogP contribution in [0, 0.1) is 0 Å². The van der Waals surface area contributed by atoms with Crippen LogP contribution in [-0.4, -0.2) is 14.8 Å². The molecule has 1 fully saturated rings. The molecule has 0 spiro atoms. The van der Waals surface area contributed by atoms with Crippen molar-refractivity contribution in [3.05, 3.63) is 42.0 Å². The molecule has 94 valence electrons. The second-order valence-corrected chi connectivity index (χ2v) is 5.32. The van der Waals surface area contributed by atoms with Crippen LogP contribution in [0.5, 0.6) is 0 Å². The van der Waals surface area contributed by atoms with Gasteiger partial charge in [0.05, 0.1) is 5.33 Å². The van der Waals surface area contributed by atoms with Crippen LogP contribution in [0.25, 0.3) is 5.69 Å². The molecule has 0 unspecified atom stereocenters. The van der Waals surface area contributed by atoms with Crippen molar-refractivity contribution in [2.45, 2.75) is 36.9 Å². The Balaban J connectivity index is 2.07. The number of para-hydroxylation sites is 1. The number of nitrogens with zero attached hydrogens (tertiary/aromatic N) is 3. The highest BCUT2D eigenvalue weighted by atomic mass is 79.9. The van der Waals surface area contributed by atoms with Crippen LogP contribution in [0.2, 0.25) is 0 Å². The van der Waals surface area contributed by atoms with Gasteiger partial charge < -0.3 is 0 Å². The van der Waals surface area contributed by atoms with Crippen molar-refractivity contribution < 1.29 is 0 Å². The van der Waals surface area contributed by atoms with Crippen molar-refractivity contribution in [1.29, 1.82) is 0 Å². The molecule has 0 atom stereocenters. The summed E-state index contributed by atoms with van der Waals surface area (Å²) in [4.78, 5) is 0. The van der Waals surface area contributed by atoms with Crippen molar-refractivity contribution in [2.24, 2.45) is 0 Å². The lowest BCUT2D eigenvalue weighted by Gasteiger charge is -2.13. The van der Waals surface area contributed by atoms with Crippen molar-refractivity contribution in [2.75, 3.05) is 0 Å². The summed E-state index contributed by atoms with van der Waals surface area (Å²) in [6.45, 7) is 0. The third-order valence-electron chi connectivity index (χ3n) is 3.61. The van der Waals surface area contributed by atoms with Crippen LogP contribution in [-0.2, 0) is 5.33 Å². The van der Waals surface area contributed by atoms with E-state index in [1.165, 1.54) is 31.4 Å². The van der Waals surface area contributed by atoms with Gasteiger partial charge in [0, 0.05) is 11.6 Å². The summed E-state index contributed by atoms with van der Waals surface area (Å²) in [5, 5.41) is 9.49. The van der Waals surface area contributed by atoms with E-state index >= 15 is 0 Å². The number of aromatic nitrogens is 3. The van der Waals surface area contributed by atoms with Crippen LogP contribution in [0.4, 0.5) is 0 Å². The molecule has 0 amide bonds. The summed E-state index contributed by atoms with van der Waals surface area (Å²) in [6, 6.07) is 10.4.